The predicted molar refractivity (Wildman–Crippen MR) is 76.8 cm³/mol. The van der Waals surface area contributed by atoms with Crippen molar-refractivity contribution in [3.63, 3.8) is 0 Å². The van der Waals surface area contributed by atoms with Gasteiger partial charge >= 0.3 is 0 Å². The molecule has 0 aliphatic heterocycles. The molecule has 2 N–H and O–H groups in total. The zero-order valence-electron chi connectivity index (χ0n) is 12.3. The molecule has 8 nitrogen and oxygen atoms in total. The third kappa shape index (κ3) is 3.68. The van der Waals surface area contributed by atoms with Gasteiger partial charge in [-0.05, 0) is 12.5 Å². The first-order valence-corrected chi connectivity index (χ1v) is 6.54. The largest absolute Gasteiger partial charge is 0.354 e. The molecule has 112 valence electrons. The first-order valence-electron chi connectivity index (χ1n) is 6.54. The van der Waals surface area contributed by atoms with Gasteiger partial charge in [0, 0.05) is 39.5 Å². The lowest BCUT2D eigenvalue weighted by Crippen LogP contribution is -2.22. The molecule has 0 bridgehead atoms. The number of hydrogen-bond donors (Lipinski definition) is 2. The Morgan fingerprint density at radius 3 is 2.71 bits per heavy atom. The summed E-state index contributed by atoms with van der Waals surface area (Å²) in [6, 6.07) is 0. The molecule has 21 heavy (non-hydrogen) atoms. The SMILES string of the molecule is CNC(=O)c1nn(C)cc1NC(=O)CCn1cc(C)cn1. The number of rotatable bonds is 5. The van der Waals surface area contributed by atoms with Gasteiger partial charge in [-0.1, -0.05) is 0 Å². The highest BCUT2D eigenvalue weighted by Crippen LogP contribution is 2.13. The number of aromatic nitrogens is 4. The average molecular weight is 290 g/mol. The summed E-state index contributed by atoms with van der Waals surface area (Å²) in [5.41, 5.74) is 1.64. The maximum Gasteiger partial charge on any atom is 0.273 e. The van der Waals surface area contributed by atoms with Crippen LogP contribution in [-0.2, 0) is 18.4 Å². The van der Waals surface area contributed by atoms with Crippen LogP contribution in [0.15, 0.2) is 18.6 Å². The van der Waals surface area contributed by atoms with Crippen LogP contribution in [-0.4, -0.2) is 38.4 Å². The van der Waals surface area contributed by atoms with Crippen molar-refractivity contribution in [2.45, 2.75) is 19.9 Å². The molecule has 0 saturated heterocycles. The Kier molecular flexibility index (Phi) is 4.36. The second-order valence-electron chi connectivity index (χ2n) is 4.72. The van der Waals surface area contributed by atoms with Crippen LogP contribution in [0.2, 0.25) is 0 Å². The fourth-order valence-corrected chi connectivity index (χ4v) is 1.88. The molecule has 2 aromatic heterocycles. The summed E-state index contributed by atoms with van der Waals surface area (Å²) in [5.74, 6) is -0.532. The molecule has 8 heteroatoms. The number of amides is 2. The second-order valence-corrected chi connectivity index (χ2v) is 4.72. The molecule has 0 fully saturated rings. The molecular formula is C13H18N6O2. The van der Waals surface area contributed by atoms with Gasteiger partial charge in [-0.15, -0.1) is 0 Å². The van der Waals surface area contributed by atoms with Gasteiger partial charge in [0.1, 0.15) is 0 Å². The normalized spacial score (nSPS) is 10.4. The molecular weight excluding hydrogens is 272 g/mol. The maximum absolute atomic E-state index is 11.9. The van der Waals surface area contributed by atoms with Crippen LogP contribution in [0.3, 0.4) is 0 Å². The maximum atomic E-state index is 11.9. The molecule has 0 saturated carbocycles. The van der Waals surface area contributed by atoms with E-state index in [9.17, 15) is 9.59 Å². The van der Waals surface area contributed by atoms with Crippen LogP contribution < -0.4 is 10.6 Å². The number of nitrogens with one attached hydrogen (secondary N) is 2. The van der Waals surface area contributed by atoms with Crippen molar-refractivity contribution in [2.75, 3.05) is 12.4 Å². The van der Waals surface area contributed by atoms with Crippen molar-refractivity contribution in [2.24, 2.45) is 7.05 Å². The molecule has 0 aromatic carbocycles. The van der Waals surface area contributed by atoms with Crippen LogP contribution in [0, 0.1) is 6.92 Å². The third-order valence-electron chi connectivity index (χ3n) is 2.88. The van der Waals surface area contributed by atoms with Crippen LogP contribution in [0.5, 0.6) is 0 Å². The quantitative estimate of drug-likeness (QED) is 0.829. The van der Waals surface area contributed by atoms with Gasteiger partial charge in [-0.25, -0.2) is 0 Å². The third-order valence-corrected chi connectivity index (χ3v) is 2.88. The first-order chi connectivity index (χ1) is 9.99. The molecule has 2 amide bonds. The van der Waals surface area contributed by atoms with Gasteiger partial charge in [0.25, 0.3) is 5.91 Å². The zero-order chi connectivity index (χ0) is 15.4. The molecule has 0 aliphatic carbocycles. The number of aryl methyl sites for hydroxylation is 3. The summed E-state index contributed by atoms with van der Waals surface area (Å²) >= 11 is 0. The highest BCUT2D eigenvalue weighted by Gasteiger charge is 2.16. The lowest BCUT2D eigenvalue weighted by molar-refractivity contribution is -0.116. The lowest BCUT2D eigenvalue weighted by Gasteiger charge is -2.05. The van der Waals surface area contributed by atoms with E-state index < -0.39 is 0 Å². The van der Waals surface area contributed by atoms with Crippen LogP contribution in [0.1, 0.15) is 22.5 Å². The molecule has 0 radical (unpaired) electrons. The topological polar surface area (TPSA) is 93.8 Å². The molecule has 0 spiro atoms. The highest BCUT2D eigenvalue weighted by atomic mass is 16.2. The second kappa shape index (κ2) is 6.21. The average Bonchev–Trinajstić information content (AvgIpc) is 3.01. The molecule has 2 heterocycles. The van der Waals surface area contributed by atoms with Crippen molar-refractivity contribution in [1.29, 1.82) is 0 Å². The molecule has 2 rings (SSSR count). The van der Waals surface area contributed by atoms with Crippen LogP contribution in [0.4, 0.5) is 5.69 Å². The van der Waals surface area contributed by atoms with E-state index in [1.54, 1.807) is 24.1 Å². The van der Waals surface area contributed by atoms with Gasteiger partial charge in [-0.2, -0.15) is 10.2 Å². The van der Waals surface area contributed by atoms with Crippen molar-refractivity contribution >= 4 is 17.5 Å². The Labute approximate surface area is 122 Å². The van der Waals surface area contributed by atoms with Gasteiger partial charge in [-0.3, -0.25) is 19.0 Å². The van der Waals surface area contributed by atoms with Crippen molar-refractivity contribution in [1.82, 2.24) is 24.9 Å². The number of anilines is 1. The number of carbonyl (C=O) groups excluding carboxylic acids is 2. The van der Waals surface area contributed by atoms with E-state index in [1.165, 1.54) is 11.7 Å². The Bertz CT molecular complexity index is 657. The van der Waals surface area contributed by atoms with E-state index in [2.05, 4.69) is 20.8 Å². The summed E-state index contributed by atoms with van der Waals surface area (Å²) in [4.78, 5) is 23.6. The monoisotopic (exact) mass is 290 g/mol. The number of hydrogen-bond acceptors (Lipinski definition) is 4. The molecule has 0 atom stereocenters. The van der Waals surface area contributed by atoms with Gasteiger partial charge in [0.15, 0.2) is 5.69 Å². The van der Waals surface area contributed by atoms with Gasteiger partial charge < -0.3 is 10.6 Å². The van der Waals surface area contributed by atoms with Crippen molar-refractivity contribution < 1.29 is 9.59 Å². The minimum atomic E-state index is -0.339. The number of carbonyl (C=O) groups is 2. The fourth-order valence-electron chi connectivity index (χ4n) is 1.88. The van der Waals surface area contributed by atoms with Crippen LogP contribution in [0.25, 0.3) is 0 Å². The Hall–Kier alpha value is -2.64. The van der Waals surface area contributed by atoms with Gasteiger partial charge in [0.05, 0.1) is 11.9 Å². The molecule has 0 unspecified atom stereocenters. The van der Waals surface area contributed by atoms with Crippen molar-refractivity contribution in [3.05, 3.63) is 29.8 Å². The highest BCUT2D eigenvalue weighted by molar-refractivity contribution is 6.02. The molecule has 0 aliphatic rings. The standard InChI is InChI=1S/C13H18N6O2/c1-9-6-15-19(7-9)5-4-11(20)16-10-8-18(3)17-12(10)13(21)14-2/h6-8H,4-5H2,1-3H3,(H,14,21)(H,16,20). The Balaban J connectivity index is 1.98. The van der Waals surface area contributed by atoms with E-state index in [1.807, 2.05) is 13.1 Å². The summed E-state index contributed by atoms with van der Waals surface area (Å²) in [6.07, 6.45) is 5.47. The van der Waals surface area contributed by atoms with E-state index in [0.717, 1.165) is 5.56 Å². The Morgan fingerprint density at radius 2 is 2.10 bits per heavy atom. The lowest BCUT2D eigenvalue weighted by atomic mass is 10.3. The molecule has 2 aromatic rings. The number of nitrogens with zero attached hydrogens (tertiary/aromatic N) is 4. The Morgan fingerprint density at radius 1 is 1.33 bits per heavy atom. The first kappa shape index (κ1) is 14.8. The van der Waals surface area contributed by atoms with E-state index in [4.69, 9.17) is 0 Å². The van der Waals surface area contributed by atoms with Gasteiger partial charge in [0.2, 0.25) is 5.91 Å². The minimum Gasteiger partial charge on any atom is -0.354 e. The summed E-state index contributed by atoms with van der Waals surface area (Å²) in [5, 5.41) is 13.3. The minimum absolute atomic E-state index is 0.193. The smallest absolute Gasteiger partial charge is 0.273 e. The zero-order valence-corrected chi connectivity index (χ0v) is 12.3. The summed E-state index contributed by atoms with van der Waals surface area (Å²) in [7, 11) is 3.21. The fraction of sp³-hybridized carbons (Fsp3) is 0.385. The summed E-state index contributed by atoms with van der Waals surface area (Å²) < 4.78 is 3.19. The predicted octanol–water partition coefficient (Wildman–Crippen LogP) is 0.313. The van der Waals surface area contributed by atoms with Crippen molar-refractivity contribution in [3.8, 4) is 0 Å². The van der Waals surface area contributed by atoms with E-state index in [-0.39, 0.29) is 23.9 Å². The van der Waals surface area contributed by atoms with E-state index >= 15 is 0 Å². The summed E-state index contributed by atoms with van der Waals surface area (Å²) in [6.45, 7) is 2.42. The van der Waals surface area contributed by atoms with Crippen LogP contribution >= 0.6 is 0 Å². The van der Waals surface area contributed by atoms with E-state index in [0.29, 0.717) is 12.2 Å².